The summed E-state index contributed by atoms with van der Waals surface area (Å²) in [6, 6.07) is 18.1. The maximum Gasteiger partial charge on any atom is 0.224 e. The van der Waals surface area contributed by atoms with Crippen LogP contribution in [0.1, 0.15) is 37.7 Å². The standard InChI is InChI=1S/C23H29N3O2/c27-22(24-16-15-19-7-2-1-3-8-19)9-6-10-23(28)25-20-11-13-21(14-12-20)26-17-4-5-18-26/h1-3,7-8,11-14H,4-6,9-10,15-18H2,(H,24,27)(H,25,28). The molecule has 0 atom stereocenters. The zero-order valence-electron chi connectivity index (χ0n) is 16.3. The number of nitrogens with zero attached hydrogens (tertiary/aromatic N) is 1. The molecule has 3 rings (SSSR count). The third kappa shape index (κ3) is 6.41. The number of anilines is 2. The zero-order chi connectivity index (χ0) is 19.6. The SMILES string of the molecule is O=C(CCCC(=O)Nc1ccc(N2CCCC2)cc1)NCCc1ccccc1. The number of nitrogens with one attached hydrogen (secondary N) is 2. The lowest BCUT2D eigenvalue weighted by Gasteiger charge is -2.17. The van der Waals surface area contributed by atoms with Gasteiger partial charge in [-0.05, 0) is 55.5 Å². The molecule has 0 bridgehead atoms. The fourth-order valence-corrected chi connectivity index (χ4v) is 3.44. The minimum Gasteiger partial charge on any atom is -0.372 e. The second kappa shape index (κ2) is 10.5. The van der Waals surface area contributed by atoms with Crippen molar-refractivity contribution in [3.8, 4) is 0 Å². The lowest BCUT2D eigenvalue weighted by molar-refractivity contribution is -0.121. The molecule has 0 radical (unpaired) electrons. The Balaban J connectivity index is 1.30. The van der Waals surface area contributed by atoms with Crippen LogP contribution >= 0.6 is 0 Å². The Morgan fingerprint density at radius 1 is 0.857 bits per heavy atom. The predicted octanol–water partition coefficient (Wildman–Crippen LogP) is 3.75. The molecule has 0 aromatic heterocycles. The molecular weight excluding hydrogens is 350 g/mol. The number of hydrogen-bond acceptors (Lipinski definition) is 3. The van der Waals surface area contributed by atoms with Gasteiger partial charge in [-0.25, -0.2) is 0 Å². The van der Waals surface area contributed by atoms with Crippen LogP contribution in [0.15, 0.2) is 54.6 Å². The number of rotatable bonds is 9. The normalized spacial score (nSPS) is 13.4. The molecule has 1 heterocycles. The number of benzene rings is 2. The maximum absolute atomic E-state index is 12.1. The fourth-order valence-electron chi connectivity index (χ4n) is 3.44. The third-order valence-electron chi connectivity index (χ3n) is 5.01. The quantitative estimate of drug-likeness (QED) is 0.697. The van der Waals surface area contributed by atoms with E-state index in [1.807, 2.05) is 42.5 Å². The first-order valence-electron chi connectivity index (χ1n) is 10.2. The van der Waals surface area contributed by atoms with Crippen molar-refractivity contribution in [3.63, 3.8) is 0 Å². The summed E-state index contributed by atoms with van der Waals surface area (Å²) in [5.41, 5.74) is 3.22. The van der Waals surface area contributed by atoms with Gasteiger partial charge in [-0.3, -0.25) is 9.59 Å². The van der Waals surface area contributed by atoms with Crippen molar-refractivity contribution in [1.82, 2.24) is 5.32 Å². The number of carbonyl (C=O) groups excluding carboxylic acids is 2. The number of carbonyl (C=O) groups is 2. The molecule has 148 valence electrons. The molecule has 0 saturated carbocycles. The Kier molecular flexibility index (Phi) is 7.47. The van der Waals surface area contributed by atoms with Gasteiger partial charge < -0.3 is 15.5 Å². The summed E-state index contributed by atoms with van der Waals surface area (Å²) < 4.78 is 0. The van der Waals surface area contributed by atoms with Crippen LogP contribution < -0.4 is 15.5 Å². The summed E-state index contributed by atoms with van der Waals surface area (Å²) in [6.45, 7) is 2.84. The van der Waals surface area contributed by atoms with Gasteiger partial charge in [0.05, 0.1) is 0 Å². The summed E-state index contributed by atoms with van der Waals surface area (Å²) in [4.78, 5) is 26.3. The Morgan fingerprint density at radius 3 is 2.25 bits per heavy atom. The molecule has 28 heavy (non-hydrogen) atoms. The Labute approximate surface area is 167 Å². The van der Waals surface area contributed by atoms with Gasteiger partial charge in [0.15, 0.2) is 0 Å². The first-order valence-corrected chi connectivity index (χ1v) is 10.2. The van der Waals surface area contributed by atoms with Crippen molar-refractivity contribution < 1.29 is 9.59 Å². The molecule has 1 aliphatic rings. The third-order valence-corrected chi connectivity index (χ3v) is 5.01. The molecule has 0 spiro atoms. The lowest BCUT2D eigenvalue weighted by Crippen LogP contribution is -2.25. The fraction of sp³-hybridized carbons (Fsp3) is 0.391. The lowest BCUT2D eigenvalue weighted by atomic mass is 10.1. The van der Waals surface area contributed by atoms with Gasteiger partial charge in [0.1, 0.15) is 0 Å². The molecule has 0 aliphatic carbocycles. The molecule has 0 unspecified atom stereocenters. The summed E-state index contributed by atoms with van der Waals surface area (Å²) in [5, 5.41) is 5.82. The molecule has 1 aliphatic heterocycles. The van der Waals surface area contributed by atoms with Crippen LogP contribution in [0.4, 0.5) is 11.4 Å². The molecule has 2 aromatic rings. The average Bonchev–Trinajstić information content (AvgIpc) is 3.24. The minimum absolute atomic E-state index is 0.00121. The number of hydrogen-bond donors (Lipinski definition) is 2. The summed E-state index contributed by atoms with van der Waals surface area (Å²) in [6.07, 6.45) is 4.59. The van der Waals surface area contributed by atoms with Gasteiger partial charge in [0.25, 0.3) is 0 Å². The van der Waals surface area contributed by atoms with Gasteiger partial charge in [-0.2, -0.15) is 0 Å². The van der Waals surface area contributed by atoms with Crippen molar-refractivity contribution in [3.05, 3.63) is 60.2 Å². The van der Waals surface area contributed by atoms with Gasteiger partial charge in [-0.15, -0.1) is 0 Å². The van der Waals surface area contributed by atoms with Crippen molar-refractivity contribution in [1.29, 1.82) is 0 Å². The van der Waals surface area contributed by atoms with Crippen LogP contribution in [0, 0.1) is 0 Å². The van der Waals surface area contributed by atoms with Crippen molar-refractivity contribution in [2.45, 2.75) is 38.5 Å². The van der Waals surface area contributed by atoms with Crippen LogP contribution in [-0.4, -0.2) is 31.4 Å². The van der Waals surface area contributed by atoms with Gasteiger partial charge in [0.2, 0.25) is 11.8 Å². The molecule has 5 nitrogen and oxygen atoms in total. The van der Waals surface area contributed by atoms with Gasteiger partial charge in [0, 0.05) is 43.9 Å². The van der Waals surface area contributed by atoms with Gasteiger partial charge in [-0.1, -0.05) is 30.3 Å². The van der Waals surface area contributed by atoms with Crippen LogP contribution in [0.3, 0.4) is 0 Å². The van der Waals surface area contributed by atoms with E-state index >= 15 is 0 Å². The van der Waals surface area contributed by atoms with E-state index in [4.69, 9.17) is 0 Å². The minimum atomic E-state index is -0.0500. The Bertz CT molecular complexity index is 753. The molecule has 1 saturated heterocycles. The topological polar surface area (TPSA) is 61.4 Å². The summed E-state index contributed by atoms with van der Waals surface area (Å²) in [5.74, 6) is -0.0512. The Morgan fingerprint density at radius 2 is 1.54 bits per heavy atom. The zero-order valence-corrected chi connectivity index (χ0v) is 16.3. The molecule has 5 heteroatoms. The van der Waals surface area contributed by atoms with Crippen molar-refractivity contribution >= 4 is 23.2 Å². The molecule has 2 amide bonds. The van der Waals surface area contributed by atoms with E-state index in [9.17, 15) is 9.59 Å². The van der Waals surface area contributed by atoms with E-state index in [0.717, 1.165) is 25.2 Å². The van der Waals surface area contributed by atoms with E-state index in [0.29, 0.717) is 25.8 Å². The molecule has 2 aromatic carbocycles. The smallest absolute Gasteiger partial charge is 0.224 e. The summed E-state index contributed by atoms with van der Waals surface area (Å²) in [7, 11) is 0. The van der Waals surface area contributed by atoms with Crippen LogP contribution in [0.25, 0.3) is 0 Å². The van der Waals surface area contributed by atoms with Gasteiger partial charge >= 0.3 is 0 Å². The highest BCUT2D eigenvalue weighted by Gasteiger charge is 2.12. The van der Waals surface area contributed by atoms with E-state index in [1.165, 1.54) is 24.1 Å². The second-order valence-corrected chi connectivity index (χ2v) is 7.23. The summed E-state index contributed by atoms with van der Waals surface area (Å²) >= 11 is 0. The van der Waals surface area contributed by atoms with Crippen LogP contribution in [-0.2, 0) is 16.0 Å². The highest BCUT2D eigenvalue weighted by molar-refractivity contribution is 5.91. The second-order valence-electron chi connectivity index (χ2n) is 7.23. The van der Waals surface area contributed by atoms with Crippen LogP contribution in [0.5, 0.6) is 0 Å². The predicted molar refractivity (Wildman–Crippen MR) is 114 cm³/mol. The largest absolute Gasteiger partial charge is 0.372 e. The van der Waals surface area contributed by atoms with Crippen molar-refractivity contribution in [2.75, 3.05) is 29.9 Å². The highest BCUT2D eigenvalue weighted by Crippen LogP contribution is 2.22. The highest BCUT2D eigenvalue weighted by atomic mass is 16.2. The average molecular weight is 380 g/mol. The molecule has 2 N–H and O–H groups in total. The first-order chi connectivity index (χ1) is 13.7. The maximum atomic E-state index is 12.1. The molecule has 1 fully saturated rings. The Hall–Kier alpha value is -2.82. The monoisotopic (exact) mass is 379 g/mol. The van der Waals surface area contributed by atoms with E-state index < -0.39 is 0 Å². The first kappa shape index (κ1) is 19.9. The van der Waals surface area contributed by atoms with Crippen molar-refractivity contribution in [2.24, 2.45) is 0 Å². The van der Waals surface area contributed by atoms with E-state index in [1.54, 1.807) is 0 Å². The van der Waals surface area contributed by atoms with E-state index in [2.05, 4.69) is 27.7 Å². The van der Waals surface area contributed by atoms with E-state index in [-0.39, 0.29) is 11.8 Å². The molecular formula is C23H29N3O2. The number of amides is 2. The van der Waals surface area contributed by atoms with Crippen LogP contribution in [0.2, 0.25) is 0 Å².